The molecule has 1 aromatic heterocycles. The molecule has 4 atom stereocenters. The number of carbonyl (C=O) groups is 5. The molecule has 0 saturated carbocycles. The summed E-state index contributed by atoms with van der Waals surface area (Å²) >= 11 is 0. The van der Waals surface area contributed by atoms with Gasteiger partial charge in [0.1, 0.15) is 18.1 Å². The van der Waals surface area contributed by atoms with Crippen LogP contribution in [0.25, 0.3) is 10.9 Å². The van der Waals surface area contributed by atoms with Crippen LogP contribution in [0.15, 0.2) is 30.5 Å². The molecule has 2 rings (SSSR count). The van der Waals surface area contributed by atoms with Crippen molar-refractivity contribution in [3.63, 3.8) is 0 Å². The topological polar surface area (TPSA) is 256 Å². The first kappa shape index (κ1) is 34.2. The summed E-state index contributed by atoms with van der Waals surface area (Å²) in [5.41, 5.74) is 18.5. The molecule has 0 spiro atoms. The Kier molecular flexibility index (Phi) is 14.4. The average Bonchev–Trinajstić information content (AvgIpc) is 3.37. The van der Waals surface area contributed by atoms with Crippen molar-refractivity contribution in [3.05, 3.63) is 36.0 Å². The van der Waals surface area contributed by atoms with Crippen LogP contribution in [0.3, 0.4) is 0 Å². The van der Waals surface area contributed by atoms with Crippen LogP contribution in [0.1, 0.15) is 56.9 Å². The number of nitrogens with two attached hydrogens (primary N) is 3. The molecule has 0 aliphatic heterocycles. The SMILES string of the molecule is NCCCCC(NC(=O)C(N)CCC(=O)O)C(=O)NC(CCCCN)C(=O)NC(Cc1c[nH]c2ccccc12)C(=O)O. The minimum Gasteiger partial charge on any atom is -0.481 e. The minimum absolute atomic E-state index is 0.0144. The van der Waals surface area contributed by atoms with E-state index in [0.29, 0.717) is 44.3 Å². The Bertz CT molecular complexity index is 1200. The monoisotopic (exact) mass is 589 g/mol. The predicted octanol–water partition coefficient (Wildman–Crippen LogP) is -0.300. The van der Waals surface area contributed by atoms with E-state index in [1.54, 1.807) is 6.20 Å². The van der Waals surface area contributed by atoms with E-state index < -0.39 is 53.8 Å². The molecule has 0 aliphatic rings. The van der Waals surface area contributed by atoms with Crippen molar-refractivity contribution < 1.29 is 34.2 Å². The van der Waals surface area contributed by atoms with Crippen LogP contribution >= 0.6 is 0 Å². The zero-order valence-electron chi connectivity index (χ0n) is 23.6. The summed E-state index contributed by atoms with van der Waals surface area (Å²) in [5, 5.41) is 27.3. The summed E-state index contributed by atoms with van der Waals surface area (Å²) < 4.78 is 0. The molecule has 1 heterocycles. The largest absolute Gasteiger partial charge is 0.481 e. The van der Waals surface area contributed by atoms with E-state index in [4.69, 9.17) is 22.3 Å². The van der Waals surface area contributed by atoms with E-state index in [-0.39, 0.29) is 32.1 Å². The van der Waals surface area contributed by atoms with Crippen molar-refractivity contribution >= 4 is 40.6 Å². The Morgan fingerprint density at radius 1 is 0.762 bits per heavy atom. The molecule has 0 fully saturated rings. The van der Waals surface area contributed by atoms with Gasteiger partial charge in [0.25, 0.3) is 0 Å². The van der Waals surface area contributed by atoms with Crippen LogP contribution in [0.2, 0.25) is 0 Å². The van der Waals surface area contributed by atoms with E-state index >= 15 is 0 Å². The van der Waals surface area contributed by atoms with Gasteiger partial charge in [-0.2, -0.15) is 0 Å². The highest BCUT2D eigenvalue weighted by Gasteiger charge is 2.30. The minimum atomic E-state index is -1.27. The van der Waals surface area contributed by atoms with Gasteiger partial charge in [-0.05, 0) is 69.7 Å². The quantitative estimate of drug-likeness (QED) is 0.0911. The Hall–Kier alpha value is -4.01. The first-order valence-electron chi connectivity index (χ1n) is 14.1. The normalized spacial score (nSPS) is 14.0. The maximum Gasteiger partial charge on any atom is 0.326 e. The summed E-state index contributed by atoms with van der Waals surface area (Å²) in [6.45, 7) is 0.740. The van der Waals surface area contributed by atoms with Crippen LogP contribution in [0.4, 0.5) is 0 Å². The van der Waals surface area contributed by atoms with Crippen LogP contribution in [-0.4, -0.2) is 82.1 Å². The number of amides is 3. The fourth-order valence-electron chi connectivity index (χ4n) is 4.48. The molecule has 0 aliphatic carbocycles. The molecule has 42 heavy (non-hydrogen) atoms. The van der Waals surface area contributed by atoms with E-state index in [2.05, 4.69) is 20.9 Å². The van der Waals surface area contributed by atoms with Crippen molar-refractivity contribution in [2.45, 2.75) is 82.0 Å². The Morgan fingerprint density at radius 3 is 1.86 bits per heavy atom. The lowest BCUT2D eigenvalue weighted by Gasteiger charge is -2.25. The van der Waals surface area contributed by atoms with Gasteiger partial charge >= 0.3 is 11.9 Å². The number of para-hydroxylation sites is 1. The number of hydrogen-bond acceptors (Lipinski definition) is 8. The highest BCUT2D eigenvalue weighted by molar-refractivity contribution is 5.94. The molecule has 3 amide bonds. The third-order valence-corrected chi connectivity index (χ3v) is 6.88. The van der Waals surface area contributed by atoms with Crippen molar-refractivity contribution in [2.75, 3.05) is 13.1 Å². The number of fused-ring (bicyclic) bond motifs is 1. The van der Waals surface area contributed by atoms with Gasteiger partial charge < -0.3 is 48.3 Å². The van der Waals surface area contributed by atoms with E-state index in [1.165, 1.54) is 0 Å². The first-order valence-corrected chi connectivity index (χ1v) is 14.1. The van der Waals surface area contributed by atoms with Gasteiger partial charge in [0.2, 0.25) is 17.7 Å². The van der Waals surface area contributed by atoms with Crippen molar-refractivity contribution in [1.29, 1.82) is 0 Å². The van der Waals surface area contributed by atoms with E-state index in [9.17, 15) is 29.1 Å². The van der Waals surface area contributed by atoms with Crippen molar-refractivity contribution in [3.8, 4) is 0 Å². The van der Waals surface area contributed by atoms with Crippen LogP contribution in [0, 0.1) is 0 Å². The fraction of sp³-hybridized carbons (Fsp3) is 0.536. The van der Waals surface area contributed by atoms with Crippen molar-refractivity contribution in [1.82, 2.24) is 20.9 Å². The Labute approximate surface area is 244 Å². The molecule has 232 valence electrons. The second-order valence-electron chi connectivity index (χ2n) is 10.2. The Morgan fingerprint density at radius 2 is 1.31 bits per heavy atom. The van der Waals surface area contributed by atoms with Gasteiger partial charge in [-0.1, -0.05) is 18.2 Å². The zero-order chi connectivity index (χ0) is 31.1. The van der Waals surface area contributed by atoms with Crippen molar-refractivity contribution in [2.24, 2.45) is 17.2 Å². The number of nitrogens with one attached hydrogen (secondary N) is 4. The standard InChI is InChI=1S/C28H43N7O7/c29-13-5-3-9-21(33-25(38)19(31)11-12-24(36)37)26(39)34-22(10-4-6-14-30)27(40)35-23(28(41)42)15-17-16-32-20-8-2-1-7-18(17)20/h1-2,7-8,16,19,21-23,32H,3-6,9-15,29-31H2,(H,33,38)(H,34,39)(H,35,40)(H,36,37)(H,41,42). The second-order valence-corrected chi connectivity index (χ2v) is 10.2. The average molecular weight is 590 g/mol. The number of aromatic nitrogens is 1. The summed E-state index contributed by atoms with van der Waals surface area (Å²) in [6, 6.07) is 2.83. The summed E-state index contributed by atoms with van der Waals surface area (Å²) in [5.74, 6) is -4.37. The number of aliphatic carboxylic acids is 2. The van der Waals surface area contributed by atoms with E-state index in [1.807, 2.05) is 24.3 Å². The molecule has 2 aromatic rings. The molecule has 14 nitrogen and oxygen atoms in total. The number of carbonyl (C=O) groups excluding carboxylic acids is 3. The molecule has 4 unspecified atom stereocenters. The van der Waals surface area contributed by atoms with Gasteiger partial charge in [-0.25, -0.2) is 4.79 Å². The summed E-state index contributed by atoms with van der Waals surface area (Å²) in [4.78, 5) is 65.3. The molecule has 1 aromatic carbocycles. The number of rotatable bonds is 20. The lowest BCUT2D eigenvalue weighted by Crippen LogP contribution is -2.57. The lowest BCUT2D eigenvalue weighted by atomic mass is 10.0. The van der Waals surface area contributed by atoms with Crippen LogP contribution in [-0.2, 0) is 30.4 Å². The molecule has 0 radical (unpaired) electrons. The third-order valence-electron chi connectivity index (χ3n) is 6.88. The van der Waals surface area contributed by atoms with E-state index in [0.717, 1.165) is 10.9 Å². The molecule has 14 heteroatoms. The smallest absolute Gasteiger partial charge is 0.326 e. The predicted molar refractivity (Wildman–Crippen MR) is 156 cm³/mol. The highest BCUT2D eigenvalue weighted by Crippen LogP contribution is 2.19. The summed E-state index contributed by atoms with van der Waals surface area (Å²) in [6.07, 6.45) is 3.82. The first-order chi connectivity index (χ1) is 20.1. The lowest BCUT2D eigenvalue weighted by molar-refractivity contribution is -0.142. The van der Waals surface area contributed by atoms with Gasteiger partial charge in [0.05, 0.1) is 6.04 Å². The number of carboxylic acid groups (broad SMARTS) is 2. The van der Waals surface area contributed by atoms with Crippen LogP contribution in [0.5, 0.6) is 0 Å². The maximum absolute atomic E-state index is 13.3. The zero-order valence-corrected chi connectivity index (χ0v) is 23.6. The number of hydrogen-bond donors (Lipinski definition) is 9. The molecule has 12 N–H and O–H groups in total. The number of benzene rings is 1. The summed E-state index contributed by atoms with van der Waals surface area (Å²) in [7, 11) is 0. The molecule has 0 bridgehead atoms. The Balaban J connectivity index is 2.17. The number of aromatic amines is 1. The third kappa shape index (κ3) is 11.1. The number of H-pyrrole nitrogens is 1. The molecular formula is C28H43N7O7. The van der Waals surface area contributed by atoms with Gasteiger partial charge in [-0.3, -0.25) is 19.2 Å². The van der Waals surface area contributed by atoms with Gasteiger partial charge in [-0.15, -0.1) is 0 Å². The maximum atomic E-state index is 13.3. The van der Waals surface area contributed by atoms with Gasteiger partial charge in [0.15, 0.2) is 0 Å². The number of unbranched alkanes of at least 4 members (excludes halogenated alkanes) is 2. The number of carboxylic acids is 2. The molecular weight excluding hydrogens is 546 g/mol. The fourth-order valence-corrected chi connectivity index (χ4v) is 4.48. The second kappa shape index (κ2) is 17.7. The molecule has 0 saturated heterocycles. The van der Waals surface area contributed by atoms with Crippen LogP contribution < -0.4 is 33.2 Å². The van der Waals surface area contributed by atoms with Gasteiger partial charge in [0, 0.05) is 29.9 Å². The highest BCUT2D eigenvalue weighted by atomic mass is 16.4.